The average molecular weight is 575 g/mol. The number of hydrogen-bond donors (Lipinski definition) is 3. The molecule has 0 saturated heterocycles. The van der Waals surface area contributed by atoms with Crippen LogP contribution in [0, 0.1) is 0 Å². The maximum atomic E-state index is 12.8. The number of anilines is 2. The first-order chi connectivity index (χ1) is 18.9. The van der Waals surface area contributed by atoms with Gasteiger partial charge in [-0.1, -0.05) is 0 Å². The van der Waals surface area contributed by atoms with Gasteiger partial charge in [-0.2, -0.15) is 0 Å². The van der Waals surface area contributed by atoms with Gasteiger partial charge >= 0.3 is 13.8 Å². The van der Waals surface area contributed by atoms with Crippen molar-refractivity contribution < 1.29 is 42.0 Å². The molecule has 216 valence electrons. The number of unbranched alkanes of at least 4 members (excludes halogenated alkanes) is 1. The molecule has 0 radical (unpaired) electrons. The number of carbonyl (C=O) groups excluding carboxylic acids is 1. The second-order valence-corrected chi connectivity index (χ2v) is 11.5. The first-order valence-corrected chi connectivity index (χ1v) is 14.2. The third-order valence-electron chi connectivity index (χ3n) is 5.39. The summed E-state index contributed by atoms with van der Waals surface area (Å²) in [6.45, 7) is 0.723. The van der Waals surface area contributed by atoms with Gasteiger partial charge in [0, 0.05) is 17.4 Å². The van der Waals surface area contributed by atoms with Crippen molar-refractivity contribution >= 4 is 25.2 Å². The molecule has 0 spiro atoms. The highest BCUT2D eigenvalue weighted by Crippen LogP contribution is 2.43. The Morgan fingerprint density at radius 2 is 1.23 bits per heavy atom. The van der Waals surface area contributed by atoms with Gasteiger partial charge in [0.05, 0.1) is 39.9 Å². The fourth-order valence-corrected chi connectivity index (χ4v) is 4.00. The van der Waals surface area contributed by atoms with Gasteiger partial charge < -0.3 is 35.1 Å². The van der Waals surface area contributed by atoms with Crippen LogP contribution in [0.15, 0.2) is 66.7 Å². The molecule has 1 unspecified atom stereocenters. The summed E-state index contributed by atoms with van der Waals surface area (Å²) in [6.07, 6.45) is 0.809. The Morgan fingerprint density at radius 1 is 0.750 bits per heavy atom. The van der Waals surface area contributed by atoms with E-state index in [9.17, 15) is 14.3 Å². The van der Waals surface area contributed by atoms with Crippen LogP contribution in [0.1, 0.15) is 23.2 Å². The van der Waals surface area contributed by atoms with Crippen LogP contribution in [0.2, 0.25) is 0 Å². The number of nitrogens with two attached hydrogens (primary N) is 2. The minimum Gasteiger partial charge on any atom is -0.462 e. The molecule has 3 aromatic rings. The minimum atomic E-state index is -4.13. The van der Waals surface area contributed by atoms with Gasteiger partial charge in [0.1, 0.15) is 36.1 Å². The molecule has 0 aliphatic carbocycles. The third-order valence-corrected chi connectivity index (χ3v) is 6.41. The quantitative estimate of drug-likeness (QED) is 0.0725. The zero-order valence-corrected chi connectivity index (χ0v) is 23.8. The zero-order chi connectivity index (χ0) is 29.2. The SMILES string of the molecule is C[N+](C)(C)CCOP(=O)(O)OCCCCOC(=O)c1cc(Oc2ccc(N)cc2)cc(Oc2ccc(N)cc2)c1. The van der Waals surface area contributed by atoms with Crippen molar-refractivity contribution in [3.05, 3.63) is 72.3 Å². The normalized spacial score (nSPS) is 12.9. The van der Waals surface area contributed by atoms with Crippen molar-refractivity contribution in [1.29, 1.82) is 0 Å². The van der Waals surface area contributed by atoms with Crippen LogP contribution in [0.4, 0.5) is 11.4 Å². The number of benzene rings is 3. The summed E-state index contributed by atoms with van der Waals surface area (Å²) in [6, 6.07) is 18.4. The van der Waals surface area contributed by atoms with Gasteiger partial charge in [-0.05, 0) is 73.5 Å². The molecule has 3 rings (SSSR count). The fraction of sp³-hybridized carbons (Fsp3) is 0.321. The lowest BCUT2D eigenvalue weighted by atomic mass is 10.2. The molecule has 5 N–H and O–H groups in total. The summed E-state index contributed by atoms with van der Waals surface area (Å²) in [4.78, 5) is 22.6. The maximum absolute atomic E-state index is 12.8. The monoisotopic (exact) mass is 574 g/mol. The number of phosphoric ester groups is 1. The molecule has 11 nitrogen and oxygen atoms in total. The number of ether oxygens (including phenoxy) is 3. The molecule has 0 aromatic heterocycles. The molecule has 3 aromatic carbocycles. The lowest BCUT2D eigenvalue weighted by Crippen LogP contribution is -2.37. The molecule has 0 heterocycles. The number of phosphoric acid groups is 1. The highest BCUT2D eigenvalue weighted by atomic mass is 31.2. The predicted octanol–water partition coefficient (Wildman–Crippen LogP) is 5.21. The van der Waals surface area contributed by atoms with E-state index in [2.05, 4.69) is 0 Å². The highest BCUT2D eigenvalue weighted by molar-refractivity contribution is 7.47. The van der Waals surface area contributed by atoms with Crippen molar-refractivity contribution in [3.63, 3.8) is 0 Å². The minimum absolute atomic E-state index is 0.0137. The lowest BCUT2D eigenvalue weighted by Gasteiger charge is -2.24. The Kier molecular flexibility index (Phi) is 10.9. The lowest BCUT2D eigenvalue weighted by molar-refractivity contribution is -0.870. The fourth-order valence-electron chi connectivity index (χ4n) is 3.25. The number of hydrogen-bond acceptors (Lipinski definition) is 9. The largest absolute Gasteiger partial charge is 0.472 e. The van der Waals surface area contributed by atoms with Crippen LogP contribution in [-0.4, -0.2) is 62.9 Å². The Balaban J connectivity index is 1.56. The summed E-state index contributed by atoms with van der Waals surface area (Å²) in [5, 5.41) is 0. The number of rotatable bonds is 15. The molecule has 0 aliphatic rings. The number of nitrogens with zero attached hydrogens (tertiary/aromatic N) is 1. The number of quaternary nitrogens is 1. The van der Waals surface area contributed by atoms with Crippen molar-refractivity contribution in [3.8, 4) is 23.0 Å². The molecule has 0 aliphatic heterocycles. The first-order valence-electron chi connectivity index (χ1n) is 12.7. The third kappa shape index (κ3) is 11.3. The summed E-state index contributed by atoms with van der Waals surface area (Å²) in [5.74, 6) is 1.20. The number of likely N-dealkylation sites (N-methyl/N-ethyl adjacent to an activating group) is 1. The van der Waals surface area contributed by atoms with E-state index < -0.39 is 13.8 Å². The molecular formula is C28H37N3O8P+. The molecule has 0 fully saturated rings. The van der Waals surface area contributed by atoms with Crippen LogP contribution in [0.5, 0.6) is 23.0 Å². The average Bonchev–Trinajstić information content (AvgIpc) is 2.87. The van der Waals surface area contributed by atoms with Crippen molar-refractivity contribution in [2.75, 3.05) is 59.0 Å². The summed E-state index contributed by atoms with van der Waals surface area (Å²) in [7, 11) is 1.72. The van der Waals surface area contributed by atoms with Gasteiger partial charge in [-0.3, -0.25) is 9.05 Å². The topological polar surface area (TPSA) is 153 Å². The van der Waals surface area contributed by atoms with Gasteiger partial charge in [0.25, 0.3) is 0 Å². The molecule has 0 amide bonds. The van der Waals surface area contributed by atoms with E-state index in [1.807, 2.05) is 21.1 Å². The van der Waals surface area contributed by atoms with E-state index in [4.69, 9.17) is 34.7 Å². The van der Waals surface area contributed by atoms with Crippen LogP contribution in [-0.2, 0) is 18.3 Å². The summed E-state index contributed by atoms with van der Waals surface area (Å²) >= 11 is 0. The van der Waals surface area contributed by atoms with E-state index in [0.29, 0.717) is 58.2 Å². The molecule has 12 heteroatoms. The second kappa shape index (κ2) is 14.2. The number of esters is 1. The molecular weight excluding hydrogens is 537 g/mol. The van der Waals surface area contributed by atoms with E-state index in [1.54, 1.807) is 66.7 Å². The summed E-state index contributed by atoms with van der Waals surface area (Å²) < 4.78 is 39.8. The van der Waals surface area contributed by atoms with Crippen molar-refractivity contribution in [2.45, 2.75) is 12.8 Å². The number of carbonyl (C=O) groups is 1. The van der Waals surface area contributed by atoms with Crippen LogP contribution in [0.25, 0.3) is 0 Å². The van der Waals surface area contributed by atoms with Crippen LogP contribution < -0.4 is 20.9 Å². The van der Waals surface area contributed by atoms with Crippen LogP contribution in [0.3, 0.4) is 0 Å². The van der Waals surface area contributed by atoms with E-state index in [1.165, 1.54) is 0 Å². The molecule has 1 atom stereocenters. The standard InChI is InChI=1S/C28H36N3O8P/c1-31(2,3)14-17-37-40(33,34)36-16-5-4-15-35-28(32)21-18-26(38-24-10-6-22(29)7-11-24)20-27(19-21)39-25-12-8-23(30)9-13-25/h6-13,18-20H,4-5,14-17,29-30H2,1-3H3/p+1. The maximum Gasteiger partial charge on any atom is 0.472 e. The zero-order valence-electron chi connectivity index (χ0n) is 22.9. The molecule has 40 heavy (non-hydrogen) atoms. The van der Waals surface area contributed by atoms with Gasteiger partial charge in [0.2, 0.25) is 0 Å². The van der Waals surface area contributed by atoms with Gasteiger partial charge in [-0.15, -0.1) is 0 Å². The van der Waals surface area contributed by atoms with E-state index >= 15 is 0 Å². The smallest absolute Gasteiger partial charge is 0.462 e. The Labute approximate surface area is 234 Å². The van der Waals surface area contributed by atoms with Gasteiger partial charge in [-0.25, -0.2) is 9.36 Å². The van der Waals surface area contributed by atoms with Gasteiger partial charge in [0.15, 0.2) is 0 Å². The molecule has 0 bridgehead atoms. The Bertz CT molecular complexity index is 1230. The first kappa shape index (κ1) is 30.9. The summed E-state index contributed by atoms with van der Waals surface area (Å²) in [5.41, 5.74) is 12.9. The van der Waals surface area contributed by atoms with Crippen molar-refractivity contribution in [1.82, 2.24) is 0 Å². The highest BCUT2D eigenvalue weighted by Gasteiger charge is 2.22. The van der Waals surface area contributed by atoms with Crippen LogP contribution >= 0.6 is 7.82 Å². The predicted molar refractivity (Wildman–Crippen MR) is 152 cm³/mol. The molecule has 0 saturated carbocycles. The second-order valence-electron chi connectivity index (χ2n) is 10.0. The Morgan fingerprint density at radius 3 is 1.73 bits per heavy atom. The van der Waals surface area contributed by atoms with E-state index in [-0.39, 0.29) is 25.4 Å². The Hall–Kier alpha value is -3.60. The number of nitrogen functional groups attached to an aromatic ring is 2. The van der Waals surface area contributed by atoms with Crippen molar-refractivity contribution in [2.24, 2.45) is 0 Å². The van der Waals surface area contributed by atoms with E-state index in [0.717, 1.165) is 0 Å².